The second kappa shape index (κ2) is 5.13. The molecule has 0 aliphatic heterocycles. The fourth-order valence-electron chi connectivity index (χ4n) is 0.643. The Morgan fingerprint density at radius 3 is 2.83 bits per heavy atom. The van der Waals surface area contributed by atoms with Gasteiger partial charge in [0.2, 0.25) is 0 Å². The van der Waals surface area contributed by atoms with Gasteiger partial charge < -0.3 is 9.47 Å². The summed E-state index contributed by atoms with van der Waals surface area (Å²) in [6.07, 6.45) is 1.27. The van der Waals surface area contributed by atoms with Gasteiger partial charge in [0.25, 0.3) is 0 Å². The highest BCUT2D eigenvalue weighted by Crippen LogP contribution is 2.13. The van der Waals surface area contributed by atoms with Gasteiger partial charge in [0, 0.05) is 14.2 Å². The molecule has 0 atom stereocenters. The SMILES string of the molecule is COC(CSc1ncn[nH]1)OC. The maximum absolute atomic E-state index is 4.99. The third-order valence-corrected chi connectivity index (χ3v) is 2.18. The van der Waals surface area contributed by atoms with Crippen LogP contribution in [0.5, 0.6) is 0 Å². The Bertz CT molecular complexity index is 201. The number of methoxy groups -OCH3 is 2. The number of aromatic amines is 1. The lowest BCUT2D eigenvalue weighted by Gasteiger charge is -2.10. The van der Waals surface area contributed by atoms with Gasteiger partial charge in [-0.3, -0.25) is 5.10 Å². The van der Waals surface area contributed by atoms with Crippen LogP contribution in [0.1, 0.15) is 0 Å². The van der Waals surface area contributed by atoms with Crippen LogP contribution in [0.25, 0.3) is 0 Å². The molecule has 0 spiro atoms. The number of hydrogen-bond acceptors (Lipinski definition) is 5. The van der Waals surface area contributed by atoms with E-state index in [9.17, 15) is 0 Å². The lowest BCUT2D eigenvalue weighted by molar-refractivity contribution is -0.0842. The van der Waals surface area contributed by atoms with Gasteiger partial charge in [-0.15, -0.1) is 0 Å². The van der Waals surface area contributed by atoms with Crippen LogP contribution in [0, 0.1) is 0 Å². The van der Waals surface area contributed by atoms with E-state index >= 15 is 0 Å². The smallest absolute Gasteiger partial charge is 0.183 e. The molecule has 0 saturated carbocycles. The fraction of sp³-hybridized carbons (Fsp3) is 0.667. The van der Waals surface area contributed by atoms with E-state index in [1.54, 1.807) is 14.2 Å². The summed E-state index contributed by atoms with van der Waals surface area (Å²) in [6, 6.07) is 0. The molecule has 0 amide bonds. The quantitative estimate of drug-likeness (QED) is 0.540. The molecule has 1 aromatic rings. The predicted molar refractivity (Wildman–Crippen MR) is 44.9 cm³/mol. The molecule has 0 fully saturated rings. The van der Waals surface area contributed by atoms with E-state index in [0.29, 0.717) is 5.75 Å². The molecule has 1 rings (SSSR count). The molecule has 0 saturated heterocycles. The van der Waals surface area contributed by atoms with E-state index in [0.717, 1.165) is 5.16 Å². The Morgan fingerprint density at radius 2 is 2.33 bits per heavy atom. The molecule has 0 bridgehead atoms. The van der Waals surface area contributed by atoms with Crippen molar-refractivity contribution in [3.05, 3.63) is 6.33 Å². The summed E-state index contributed by atoms with van der Waals surface area (Å²) in [5.41, 5.74) is 0. The minimum absolute atomic E-state index is 0.194. The molecule has 6 heteroatoms. The van der Waals surface area contributed by atoms with Crippen LogP contribution in [0.4, 0.5) is 0 Å². The Kier molecular flexibility index (Phi) is 4.06. The molecule has 12 heavy (non-hydrogen) atoms. The summed E-state index contributed by atoms with van der Waals surface area (Å²) in [6.45, 7) is 0. The molecule has 0 aromatic carbocycles. The summed E-state index contributed by atoms with van der Waals surface area (Å²) in [5.74, 6) is 0.697. The minimum atomic E-state index is -0.194. The van der Waals surface area contributed by atoms with Crippen molar-refractivity contribution in [3.8, 4) is 0 Å². The van der Waals surface area contributed by atoms with Gasteiger partial charge in [0.1, 0.15) is 6.33 Å². The van der Waals surface area contributed by atoms with E-state index in [1.807, 2.05) is 0 Å². The number of ether oxygens (including phenoxy) is 2. The first-order valence-electron chi connectivity index (χ1n) is 3.40. The zero-order valence-electron chi connectivity index (χ0n) is 6.98. The largest absolute Gasteiger partial charge is 0.355 e. The van der Waals surface area contributed by atoms with Crippen molar-refractivity contribution in [3.63, 3.8) is 0 Å². The minimum Gasteiger partial charge on any atom is -0.355 e. The Morgan fingerprint density at radius 1 is 1.58 bits per heavy atom. The number of thioether (sulfide) groups is 1. The van der Waals surface area contributed by atoms with Crippen molar-refractivity contribution >= 4 is 11.8 Å². The molecular weight excluding hydrogens is 178 g/mol. The topological polar surface area (TPSA) is 60.0 Å². The molecule has 0 unspecified atom stereocenters. The van der Waals surface area contributed by atoms with Gasteiger partial charge in [-0.05, 0) is 0 Å². The van der Waals surface area contributed by atoms with Crippen LogP contribution in [0.3, 0.4) is 0 Å². The Labute approximate surface area is 74.9 Å². The van der Waals surface area contributed by atoms with Crippen LogP contribution in [0.2, 0.25) is 0 Å². The first-order valence-corrected chi connectivity index (χ1v) is 4.39. The molecule has 5 nitrogen and oxygen atoms in total. The van der Waals surface area contributed by atoms with Crippen molar-refractivity contribution < 1.29 is 9.47 Å². The third kappa shape index (κ3) is 2.80. The van der Waals surface area contributed by atoms with Crippen LogP contribution >= 0.6 is 11.8 Å². The van der Waals surface area contributed by atoms with Gasteiger partial charge in [-0.25, -0.2) is 4.98 Å². The zero-order chi connectivity index (χ0) is 8.81. The number of nitrogens with zero attached hydrogens (tertiary/aromatic N) is 2. The van der Waals surface area contributed by atoms with Crippen LogP contribution < -0.4 is 0 Å². The summed E-state index contributed by atoms with van der Waals surface area (Å²) in [5, 5.41) is 7.22. The lowest BCUT2D eigenvalue weighted by Crippen LogP contribution is -2.15. The molecule has 1 N–H and O–H groups in total. The van der Waals surface area contributed by atoms with Gasteiger partial charge in [-0.1, -0.05) is 11.8 Å². The summed E-state index contributed by atoms with van der Waals surface area (Å²) >= 11 is 1.51. The highest BCUT2D eigenvalue weighted by Gasteiger charge is 2.06. The second-order valence-corrected chi connectivity index (χ2v) is 3.01. The number of aromatic nitrogens is 3. The molecule has 0 aliphatic rings. The van der Waals surface area contributed by atoms with E-state index < -0.39 is 0 Å². The van der Waals surface area contributed by atoms with E-state index in [4.69, 9.17) is 9.47 Å². The number of H-pyrrole nitrogens is 1. The first-order chi connectivity index (χ1) is 5.86. The van der Waals surface area contributed by atoms with Crippen molar-refractivity contribution in [1.29, 1.82) is 0 Å². The number of hydrogen-bond donors (Lipinski definition) is 1. The maximum atomic E-state index is 4.99. The van der Waals surface area contributed by atoms with E-state index in [-0.39, 0.29) is 6.29 Å². The van der Waals surface area contributed by atoms with Crippen molar-refractivity contribution in [2.75, 3.05) is 20.0 Å². The van der Waals surface area contributed by atoms with Gasteiger partial charge in [-0.2, -0.15) is 5.10 Å². The predicted octanol–water partition coefficient (Wildman–Crippen LogP) is 0.516. The van der Waals surface area contributed by atoms with Gasteiger partial charge in [0.15, 0.2) is 11.4 Å². The van der Waals surface area contributed by atoms with Gasteiger partial charge >= 0.3 is 0 Å². The Balaban J connectivity index is 2.25. The Hall–Kier alpha value is -0.590. The highest BCUT2D eigenvalue weighted by molar-refractivity contribution is 7.99. The lowest BCUT2D eigenvalue weighted by atomic mass is 10.7. The van der Waals surface area contributed by atoms with Gasteiger partial charge in [0.05, 0.1) is 5.75 Å². The zero-order valence-corrected chi connectivity index (χ0v) is 7.80. The standard InChI is InChI=1S/C6H11N3O2S/c1-10-5(11-2)3-12-6-7-4-8-9-6/h4-5H,3H2,1-2H3,(H,7,8,9). The normalized spacial score (nSPS) is 10.9. The second-order valence-electron chi connectivity index (χ2n) is 2.00. The average Bonchev–Trinajstić information content (AvgIpc) is 2.59. The van der Waals surface area contributed by atoms with Crippen molar-refractivity contribution in [1.82, 2.24) is 15.2 Å². The molecule has 1 heterocycles. The number of nitrogens with one attached hydrogen (secondary N) is 1. The summed E-state index contributed by atoms with van der Waals surface area (Å²) in [7, 11) is 3.21. The van der Waals surface area contributed by atoms with Crippen LogP contribution in [-0.4, -0.2) is 41.4 Å². The monoisotopic (exact) mass is 189 g/mol. The molecule has 0 aliphatic carbocycles. The summed E-state index contributed by atoms with van der Waals surface area (Å²) < 4.78 is 9.99. The highest BCUT2D eigenvalue weighted by atomic mass is 32.2. The average molecular weight is 189 g/mol. The fourth-order valence-corrected chi connectivity index (χ4v) is 1.45. The molecule has 68 valence electrons. The molecule has 1 aromatic heterocycles. The van der Waals surface area contributed by atoms with E-state index in [1.165, 1.54) is 18.1 Å². The first kappa shape index (κ1) is 9.50. The van der Waals surface area contributed by atoms with Crippen molar-refractivity contribution in [2.45, 2.75) is 11.4 Å². The van der Waals surface area contributed by atoms with E-state index in [2.05, 4.69) is 15.2 Å². The number of rotatable bonds is 5. The van der Waals surface area contributed by atoms with Crippen molar-refractivity contribution in [2.24, 2.45) is 0 Å². The summed E-state index contributed by atoms with van der Waals surface area (Å²) in [4.78, 5) is 3.94. The maximum Gasteiger partial charge on any atom is 0.183 e. The molecule has 0 radical (unpaired) electrons. The van der Waals surface area contributed by atoms with Crippen LogP contribution in [0.15, 0.2) is 11.5 Å². The third-order valence-electron chi connectivity index (χ3n) is 1.27. The molecular formula is C6H11N3O2S. The van der Waals surface area contributed by atoms with Crippen LogP contribution in [-0.2, 0) is 9.47 Å².